The van der Waals surface area contributed by atoms with E-state index in [9.17, 15) is 0 Å². The van der Waals surface area contributed by atoms with Gasteiger partial charge in [0.1, 0.15) is 0 Å². The smallest absolute Gasteiger partial charge is 0.0258 e. The summed E-state index contributed by atoms with van der Waals surface area (Å²) in [6, 6.07) is 6.35. The maximum Gasteiger partial charge on any atom is 0.0258 e. The summed E-state index contributed by atoms with van der Waals surface area (Å²) >= 11 is 5.59. The zero-order chi connectivity index (χ0) is 9.68. The van der Waals surface area contributed by atoms with Crippen molar-refractivity contribution in [3.05, 3.63) is 41.0 Å². The van der Waals surface area contributed by atoms with Gasteiger partial charge in [0.15, 0.2) is 0 Å². The van der Waals surface area contributed by atoms with Gasteiger partial charge in [0.05, 0.1) is 0 Å². The Bertz CT molecular complexity index is 300. The van der Waals surface area contributed by atoms with Crippen LogP contribution in [0.15, 0.2) is 24.3 Å². The van der Waals surface area contributed by atoms with Gasteiger partial charge in [-0.05, 0) is 37.0 Å². The van der Waals surface area contributed by atoms with E-state index in [-0.39, 0.29) is 0 Å². The predicted molar refractivity (Wildman–Crippen MR) is 60.3 cm³/mol. The molecule has 1 heteroatoms. The Kier molecular flexibility index (Phi) is 4.04. The Hall–Kier alpha value is -0.750. The summed E-state index contributed by atoms with van der Waals surface area (Å²) in [5.41, 5.74) is 3.99. The second kappa shape index (κ2) is 5.08. The van der Waals surface area contributed by atoms with Crippen LogP contribution in [0.5, 0.6) is 0 Å². The van der Waals surface area contributed by atoms with E-state index < -0.39 is 0 Å². The summed E-state index contributed by atoms with van der Waals surface area (Å²) in [4.78, 5) is 0. The van der Waals surface area contributed by atoms with E-state index in [0.717, 1.165) is 6.42 Å². The van der Waals surface area contributed by atoms with Gasteiger partial charge in [-0.15, -0.1) is 11.6 Å². The molecule has 0 aromatic heterocycles. The Morgan fingerprint density at radius 1 is 1.31 bits per heavy atom. The summed E-state index contributed by atoms with van der Waals surface area (Å²) in [5.74, 6) is 0.696. The Balaban J connectivity index is 2.83. The fourth-order valence-corrected chi connectivity index (χ4v) is 1.35. The first-order chi connectivity index (χ1) is 6.25. The van der Waals surface area contributed by atoms with Crippen molar-refractivity contribution in [2.45, 2.75) is 20.3 Å². The van der Waals surface area contributed by atoms with Crippen molar-refractivity contribution < 1.29 is 0 Å². The van der Waals surface area contributed by atoms with E-state index >= 15 is 0 Å². The van der Waals surface area contributed by atoms with Crippen LogP contribution < -0.4 is 0 Å². The van der Waals surface area contributed by atoms with Gasteiger partial charge in [0.25, 0.3) is 0 Å². The van der Waals surface area contributed by atoms with Gasteiger partial charge in [0.2, 0.25) is 0 Å². The van der Waals surface area contributed by atoms with Crippen LogP contribution in [-0.2, 0) is 0 Å². The second-order valence-electron chi connectivity index (χ2n) is 3.17. The van der Waals surface area contributed by atoms with Gasteiger partial charge in [-0.1, -0.05) is 30.4 Å². The van der Waals surface area contributed by atoms with Crippen LogP contribution in [0.25, 0.3) is 6.08 Å². The molecule has 0 radical (unpaired) electrons. The number of hydrogen-bond acceptors (Lipinski definition) is 0. The summed E-state index contributed by atoms with van der Waals surface area (Å²) in [6.45, 7) is 4.28. The minimum absolute atomic E-state index is 0.696. The van der Waals surface area contributed by atoms with Gasteiger partial charge < -0.3 is 0 Å². The fourth-order valence-electron chi connectivity index (χ4n) is 1.23. The third-order valence-electron chi connectivity index (χ3n) is 2.22. The van der Waals surface area contributed by atoms with Crippen LogP contribution in [-0.4, -0.2) is 5.88 Å². The van der Waals surface area contributed by atoms with E-state index in [1.807, 2.05) is 0 Å². The molecule has 0 aliphatic rings. The quantitative estimate of drug-likeness (QED) is 0.640. The maximum atomic E-state index is 5.59. The van der Waals surface area contributed by atoms with Gasteiger partial charge in [0, 0.05) is 5.88 Å². The van der Waals surface area contributed by atoms with Crippen molar-refractivity contribution in [3.8, 4) is 0 Å². The normalized spacial score (nSPS) is 11.0. The van der Waals surface area contributed by atoms with Crippen LogP contribution in [0.2, 0.25) is 0 Å². The molecular formula is C12H15Cl. The highest BCUT2D eigenvalue weighted by Crippen LogP contribution is 2.14. The number of benzene rings is 1. The van der Waals surface area contributed by atoms with Crippen molar-refractivity contribution in [3.63, 3.8) is 0 Å². The molecule has 0 fully saturated rings. The number of alkyl halides is 1. The van der Waals surface area contributed by atoms with E-state index in [1.165, 1.54) is 16.7 Å². The molecule has 0 amide bonds. The first-order valence-corrected chi connectivity index (χ1v) is 5.08. The molecule has 1 rings (SSSR count). The SMILES string of the molecule is Cc1cccc(/C=C/CCCl)c1C. The second-order valence-corrected chi connectivity index (χ2v) is 3.55. The molecule has 0 bridgehead atoms. The lowest BCUT2D eigenvalue weighted by Gasteiger charge is -2.03. The molecule has 0 saturated heterocycles. The molecule has 0 spiro atoms. The molecule has 13 heavy (non-hydrogen) atoms. The van der Waals surface area contributed by atoms with E-state index in [1.54, 1.807) is 0 Å². The Morgan fingerprint density at radius 2 is 2.08 bits per heavy atom. The molecule has 0 N–H and O–H groups in total. The van der Waals surface area contributed by atoms with Crippen LogP contribution in [0.3, 0.4) is 0 Å². The van der Waals surface area contributed by atoms with Crippen molar-refractivity contribution in [2.24, 2.45) is 0 Å². The first kappa shape index (κ1) is 10.3. The van der Waals surface area contributed by atoms with Gasteiger partial charge in [-0.25, -0.2) is 0 Å². The lowest BCUT2D eigenvalue weighted by Crippen LogP contribution is -1.84. The molecule has 0 nitrogen and oxygen atoms in total. The highest BCUT2D eigenvalue weighted by Gasteiger charge is 1.95. The molecule has 0 aliphatic heterocycles. The third kappa shape index (κ3) is 2.89. The van der Waals surface area contributed by atoms with Crippen molar-refractivity contribution in [2.75, 3.05) is 5.88 Å². The topological polar surface area (TPSA) is 0 Å². The average molecular weight is 195 g/mol. The lowest BCUT2D eigenvalue weighted by atomic mass is 10.0. The molecule has 0 saturated carbocycles. The molecular weight excluding hydrogens is 180 g/mol. The number of allylic oxidation sites excluding steroid dienone is 1. The van der Waals surface area contributed by atoms with E-state index in [2.05, 4.69) is 44.2 Å². The molecule has 0 aliphatic carbocycles. The van der Waals surface area contributed by atoms with Gasteiger partial charge in [-0.3, -0.25) is 0 Å². The number of rotatable bonds is 3. The van der Waals surface area contributed by atoms with Crippen LogP contribution >= 0.6 is 11.6 Å². The molecule has 1 aromatic carbocycles. The highest BCUT2D eigenvalue weighted by molar-refractivity contribution is 6.17. The van der Waals surface area contributed by atoms with Crippen molar-refractivity contribution in [1.29, 1.82) is 0 Å². The summed E-state index contributed by atoms with van der Waals surface area (Å²) in [7, 11) is 0. The highest BCUT2D eigenvalue weighted by atomic mass is 35.5. The number of hydrogen-bond donors (Lipinski definition) is 0. The van der Waals surface area contributed by atoms with Crippen LogP contribution in [0, 0.1) is 13.8 Å². The largest absolute Gasteiger partial charge is 0.126 e. The fraction of sp³-hybridized carbons (Fsp3) is 0.333. The van der Waals surface area contributed by atoms with Crippen molar-refractivity contribution >= 4 is 17.7 Å². The molecule has 1 aromatic rings. The Labute approximate surface area is 85.2 Å². The summed E-state index contributed by atoms with van der Waals surface area (Å²) in [5, 5.41) is 0. The van der Waals surface area contributed by atoms with E-state index in [4.69, 9.17) is 11.6 Å². The molecule has 70 valence electrons. The maximum absolute atomic E-state index is 5.59. The number of aryl methyl sites for hydroxylation is 1. The van der Waals surface area contributed by atoms with Crippen molar-refractivity contribution in [1.82, 2.24) is 0 Å². The summed E-state index contributed by atoms with van der Waals surface area (Å²) in [6.07, 6.45) is 5.20. The molecule has 0 heterocycles. The monoisotopic (exact) mass is 194 g/mol. The van der Waals surface area contributed by atoms with Gasteiger partial charge >= 0.3 is 0 Å². The first-order valence-electron chi connectivity index (χ1n) is 4.54. The third-order valence-corrected chi connectivity index (χ3v) is 2.44. The minimum atomic E-state index is 0.696. The van der Waals surface area contributed by atoms with E-state index in [0.29, 0.717) is 5.88 Å². The minimum Gasteiger partial charge on any atom is -0.126 e. The zero-order valence-electron chi connectivity index (χ0n) is 8.18. The predicted octanol–water partition coefficient (Wildman–Crippen LogP) is 3.95. The standard InChI is InChI=1S/C12H15Cl/c1-10-6-5-8-12(11(10)2)7-3-4-9-13/h3,5-8H,4,9H2,1-2H3/b7-3+. The average Bonchev–Trinajstić information content (AvgIpc) is 2.13. The summed E-state index contributed by atoms with van der Waals surface area (Å²) < 4.78 is 0. The lowest BCUT2D eigenvalue weighted by molar-refractivity contribution is 1.24. The van der Waals surface area contributed by atoms with Crippen LogP contribution in [0.1, 0.15) is 23.1 Å². The van der Waals surface area contributed by atoms with Gasteiger partial charge in [-0.2, -0.15) is 0 Å². The number of halogens is 1. The zero-order valence-corrected chi connectivity index (χ0v) is 8.93. The van der Waals surface area contributed by atoms with Crippen LogP contribution in [0.4, 0.5) is 0 Å². The molecule has 0 unspecified atom stereocenters. The Morgan fingerprint density at radius 3 is 2.77 bits per heavy atom. The molecule has 0 atom stereocenters.